The van der Waals surface area contributed by atoms with E-state index in [1.165, 1.54) is 6.20 Å². The molecule has 0 amide bonds. The maximum absolute atomic E-state index is 10.3. The first kappa shape index (κ1) is 15.7. The van der Waals surface area contributed by atoms with Crippen LogP contribution in [-0.2, 0) is 9.47 Å². The Labute approximate surface area is 113 Å². The van der Waals surface area contributed by atoms with Crippen molar-refractivity contribution in [3.8, 4) is 0 Å². The average Bonchev–Trinajstić information content (AvgIpc) is 2.36. The number of hydrogen-bond acceptors (Lipinski definition) is 6. The molecule has 2 unspecified atom stereocenters. The van der Waals surface area contributed by atoms with E-state index >= 15 is 0 Å². The summed E-state index contributed by atoms with van der Waals surface area (Å²) < 4.78 is 9.90. The molecule has 5 nitrogen and oxygen atoms in total. The molecule has 1 aliphatic heterocycles. The summed E-state index contributed by atoms with van der Waals surface area (Å²) in [5.74, 6) is 0. The van der Waals surface area contributed by atoms with E-state index in [0.29, 0.717) is 24.5 Å². The highest BCUT2D eigenvalue weighted by Crippen LogP contribution is 2.37. The van der Waals surface area contributed by atoms with Gasteiger partial charge in [-0.15, -0.1) is 0 Å². The van der Waals surface area contributed by atoms with E-state index in [-0.39, 0.29) is 6.61 Å². The second-order valence-electron chi connectivity index (χ2n) is 4.05. The molecule has 18 heavy (non-hydrogen) atoms. The van der Waals surface area contributed by atoms with Gasteiger partial charge in [-0.1, -0.05) is 0 Å². The first-order chi connectivity index (χ1) is 8.52. The highest BCUT2D eigenvalue weighted by Gasteiger charge is 2.49. The van der Waals surface area contributed by atoms with Crippen molar-refractivity contribution >= 4 is 18.3 Å². The molecule has 104 valence electrons. The molecule has 0 aromatic carbocycles. The van der Waals surface area contributed by atoms with Gasteiger partial charge in [-0.25, -0.2) is 0 Å². The van der Waals surface area contributed by atoms with Gasteiger partial charge in [0.05, 0.1) is 6.61 Å². The van der Waals surface area contributed by atoms with Gasteiger partial charge in [0.2, 0.25) is 0 Å². The SMILES string of the molecule is CCOC(OCC)C1(S)C(CO)=CN=C(C)C1O. The summed E-state index contributed by atoms with van der Waals surface area (Å²) in [6.07, 6.45) is -0.189. The van der Waals surface area contributed by atoms with Crippen molar-refractivity contribution in [2.24, 2.45) is 4.99 Å². The summed E-state index contributed by atoms with van der Waals surface area (Å²) in [5, 5.41) is 19.7. The normalized spacial score (nSPS) is 28.3. The molecule has 0 aliphatic carbocycles. The molecule has 6 heteroatoms. The van der Waals surface area contributed by atoms with Crippen molar-refractivity contribution in [3.05, 3.63) is 11.8 Å². The molecule has 0 saturated carbocycles. The Hall–Kier alpha value is -0.400. The molecule has 0 aromatic heterocycles. The van der Waals surface area contributed by atoms with Crippen LogP contribution >= 0.6 is 12.6 Å². The third-order valence-electron chi connectivity index (χ3n) is 2.92. The summed E-state index contributed by atoms with van der Waals surface area (Å²) in [6, 6.07) is 0. The Morgan fingerprint density at radius 3 is 2.44 bits per heavy atom. The topological polar surface area (TPSA) is 71.3 Å². The number of aliphatic hydroxyl groups excluding tert-OH is 2. The summed E-state index contributed by atoms with van der Waals surface area (Å²) in [6.45, 7) is 5.97. The maximum atomic E-state index is 10.3. The van der Waals surface area contributed by atoms with Crippen molar-refractivity contribution in [2.45, 2.75) is 37.9 Å². The van der Waals surface area contributed by atoms with E-state index in [1.54, 1.807) is 6.92 Å². The minimum Gasteiger partial charge on any atom is -0.392 e. The predicted molar refractivity (Wildman–Crippen MR) is 73.0 cm³/mol. The van der Waals surface area contributed by atoms with E-state index in [1.807, 2.05) is 13.8 Å². The Morgan fingerprint density at radius 2 is 2.00 bits per heavy atom. The second-order valence-corrected chi connectivity index (χ2v) is 4.79. The minimum absolute atomic E-state index is 0.256. The number of aliphatic imine (C=N–C) groups is 1. The van der Waals surface area contributed by atoms with Crippen LogP contribution < -0.4 is 0 Å². The first-order valence-electron chi connectivity index (χ1n) is 6.00. The second kappa shape index (κ2) is 6.68. The fourth-order valence-electron chi connectivity index (χ4n) is 1.90. The van der Waals surface area contributed by atoms with Gasteiger partial charge < -0.3 is 19.7 Å². The zero-order valence-corrected chi connectivity index (χ0v) is 11.9. The van der Waals surface area contributed by atoms with Crippen LogP contribution in [0.5, 0.6) is 0 Å². The van der Waals surface area contributed by atoms with Crippen LogP contribution in [0.25, 0.3) is 0 Å². The smallest absolute Gasteiger partial charge is 0.178 e. The van der Waals surface area contributed by atoms with E-state index in [2.05, 4.69) is 17.6 Å². The lowest BCUT2D eigenvalue weighted by Gasteiger charge is -2.42. The fraction of sp³-hybridized carbons (Fsp3) is 0.750. The van der Waals surface area contributed by atoms with Crippen LogP contribution in [0.4, 0.5) is 0 Å². The average molecular weight is 275 g/mol. The van der Waals surface area contributed by atoms with Gasteiger partial charge in [-0.2, -0.15) is 12.6 Å². The van der Waals surface area contributed by atoms with Crippen molar-refractivity contribution in [1.82, 2.24) is 0 Å². The number of aliphatic hydroxyl groups is 2. The number of thiol groups is 1. The van der Waals surface area contributed by atoms with Crippen LogP contribution in [0.3, 0.4) is 0 Å². The lowest BCUT2D eigenvalue weighted by Crippen LogP contribution is -2.56. The lowest BCUT2D eigenvalue weighted by molar-refractivity contribution is -0.161. The van der Waals surface area contributed by atoms with Gasteiger partial charge in [0.15, 0.2) is 6.29 Å². The van der Waals surface area contributed by atoms with E-state index < -0.39 is 17.1 Å². The molecular weight excluding hydrogens is 254 g/mol. The molecule has 1 rings (SSSR count). The standard InChI is InChI=1S/C12H21NO4S/c1-4-16-11(17-5-2)12(18)9(7-14)6-13-8(3)10(12)15/h6,10-11,14-15,18H,4-5,7H2,1-3H3. The third kappa shape index (κ3) is 2.78. The van der Waals surface area contributed by atoms with Crippen LogP contribution in [0, 0.1) is 0 Å². The maximum Gasteiger partial charge on any atom is 0.178 e. The molecule has 1 heterocycles. The zero-order chi connectivity index (χ0) is 13.8. The highest BCUT2D eigenvalue weighted by molar-refractivity contribution is 7.82. The molecule has 0 bridgehead atoms. The summed E-state index contributed by atoms with van der Waals surface area (Å²) in [7, 11) is 0. The summed E-state index contributed by atoms with van der Waals surface area (Å²) >= 11 is 4.53. The van der Waals surface area contributed by atoms with Crippen LogP contribution in [0.2, 0.25) is 0 Å². The van der Waals surface area contributed by atoms with Gasteiger partial charge in [0.1, 0.15) is 10.9 Å². The Morgan fingerprint density at radius 1 is 1.44 bits per heavy atom. The van der Waals surface area contributed by atoms with Crippen LogP contribution in [-0.4, -0.2) is 52.9 Å². The zero-order valence-electron chi connectivity index (χ0n) is 11.0. The van der Waals surface area contributed by atoms with Crippen LogP contribution in [0.15, 0.2) is 16.8 Å². The monoisotopic (exact) mass is 275 g/mol. The summed E-state index contributed by atoms with van der Waals surface area (Å²) in [5.41, 5.74) is 1.00. The quantitative estimate of drug-likeness (QED) is 0.494. The molecule has 0 radical (unpaired) electrons. The van der Waals surface area contributed by atoms with Crippen molar-refractivity contribution in [1.29, 1.82) is 0 Å². The van der Waals surface area contributed by atoms with Gasteiger partial charge in [-0.05, 0) is 26.3 Å². The van der Waals surface area contributed by atoms with E-state index in [9.17, 15) is 10.2 Å². The highest BCUT2D eigenvalue weighted by atomic mass is 32.1. The van der Waals surface area contributed by atoms with E-state index in [0.717, 1.165) is 0 Å². The third-order valence-corrected chi connectivity index (χ3v) is 3.66. The van der Waals surface area contributed by atoms with Gasteiger partial charge in [0, 0.05) is 25.1 Å². The molecule has 0 spiro atoms. The Balaban J connectivity index is 3.12. The molecule has 0 saturated heterocycles. The van der Waals surface area contributed by atoms with Crippen molar-refractivity contribution < 1.29 is 19.7 Å². The van der Waals surface area contributed by atoms with Gasteiger partial charge in [0.25, 0.3) is 0 Å². The van der Waals surface area contributed by atoms with Crippen molar-refractivity contribution in [3.63, 3.8) is 0 Å². The van der Waals surface area contributed by atoms with Gasteiger partial charge >= 0.3 is 0 Å². The van der Waals surface area contributed by atoms with Gasteiger partial charge in [-0.3, -0.25) is 4.99 Å². The van der Waals surface area contributed by atoms with Crippen LogP contribution in [0.1, 0.15) is 20.8 Å². The molecule has 2 atom stereocenters. The fourth-order valence-corrected chi connectivity index (χ4v) is 2.36. The predicted octanol–water partition coefficient (Wildman–Crippen LogP) is 0.766. The number of hydrogen-bond donors (Lipinski definition) is 3. The van der Waals surface area contributed by atoms with Crippen molar-refractivity contribution in [2.75, 3.05) is 19.8 Å². The number of nitrogens with zero attached hydrogens (tertiary/aromatic N) is 1. The molecule has 0 aromatic rings. The number of rotatable bonds is 6. The molecular formula is C12H21NO4S. The molecule has 2 N–H and O–H groups in total. The number of ether oxygens (including phenoxy) is 2. The van der Waals surface area contributed by atoms with E-state index in [4.69, 9.17) is 9.47 Å². The molecule has 0 fully saturated rings. The largest absolute Gasteiger partial charge is 0.392 e. The lowest BCUT2D eigenvalue weighted by atomic mass is 9.87. The Kier molecular flexibility index (Phi) is 5.81. The summed E-state index contributed by atoms with van der Waals surface area (Å²) in [4.78, 5) is 4.05. The molecule has 1 aliphatic rings. The Bertz CT molecular complexity index is 339. The minimum atomic E-state index is -1.12. The first-order valence-corrected chi connectivity index (χ1v) is 6.45.